The van der Waals surface area contributed by atoms with Gasteiger partial charge in [-0.1, -0.05) is 34.8 Å². The minimum Gasteiger partial charge on any atom is -0.463 e. The standard InChI is InChI=1S/C17H22Cl3NO11/c1-7(22)27-5-11-13(29-8(2)23)14(30-9(3)24)12(15(32-11)31-10(4)25)21-16(26)28-6-17(18,19)20/h11-15H,5-6H2,1-4H3,(H,21,26)/t11-,12-,13-,14-,15-/m1/s1. The molecule has 1 heterocycles. The lowest BCUT2D eigenvalue weighted by molar-refractivity contribution is -0.270. The van der Waals surface area contributed by atoms with Crippen molar-refractivity contribution in [3.8, 4) is 0 Å². The number of nitrogens with one attached hydrogen (secondary N) is 1. The number of esters is 4. The average molecular weight is 523 g/mol. The first kappa shape index (κ1) is 28.0. The van der Waals surface area contributed by atoms with Crippen LogP contribution in [0.2, 0.25) is 0 Å². The summed E-state index contributed by atoms with van der Waals surface area (Å²) in [7, 11) is 0. The highest BCUT2D eigenvalue weighted by molar-refractivity contribution is 6.67. The molecular weight excluding hydrogens is 501 g/mol. The van der Waals surface area contributed by atoms with Gasteiger partial charge in [-0.25, -0.2) is 4.79 Å². The van der Waals surface area contributed by atoms with Crippen molar-refractivity contribution in [3.05, 3.63) is 0 Å². The lowest BCUT2D eigenvalue weighted by Crippen LogP contribution is -2.67. The molecule has 1 amide bonds. The highest BCUT2D eigenvalue weighted by Gasteiger charge is 2.52. The molecule has 0 saturated carbocycles. The zero-order chi connectivity index (χ0) is 24.6. The lowest BCUT2D eigenvalue weighted by atomic mass is 9.96. The Balaban J connectivity index is 3.28. The van der Waals surface area contributed by atoms with Crippen LogP contribution in [0.1, 0.15) is 27.7 Å². The van der Waals surface area contributed by atoms with Gasteiger partial charge in [-0.2, -0.15) is 0 Å². The van der Waals surface area contributed by atoms with Crippen molar-refractivity contribution in [3.63, 3.8) is 0 Å². The Bertz CT molecular complexity index is 727. The number of halogens is 3. The molecule has 0 aliphatic carbocycles. The second-order valence-corrected chi connectivity index (χ2v) is 8.98. The van der Waals surface area contributed by atoms with Crippen molar-refractivity contribution < 1.29 is 52.4 Å². The zero-order valence-electron chi connectivity index (χ0n) is 17.4. The fourth-order valence-electron chi connectivity index (χ4n) is 2.65. The summed E-state index contributed by atoms with van der Waals surface area (Å²) in [4.78, 5) is 58.4. The third-order valence-electron chi connectivity index (χ3n) is 3.63. The second kappa shape index (κ2) is 12.3. The van der Waals surface area contributed by atoms with E-state index in [4.69, 9.17) is 63.2 Å². The number of amides is 1. The van der Waals surface area contributed by atoms with Crippen LogP contribution < -0.4 is 5.32 Å². The highest BCUT2D eigenvalue weighted by Crippen LogP contribution is 2.29. The molecule has 0 spiro atoms. The van der Waals surface area contributed by atoms with Crippen LogP contribution in [-0.2, 0) is 47.6 Å². The van der Waals surface area contributed by atoms with Gasteiger partial charge in [0.05, 0.1) is 0 Å². The number of ether oxygens (including phenoxy) is 6. The molecule has 1 N–H and O–H groups in total. The van der Waals surface area contributed by atoms with Gasteiger partial charge in [0, 0.05) is 27.7 Å². The Morgan fingerprint density at radius 3 is 1.81 bits per heavy atom. The van der Waals surface area contributed by atoms with E-state index < -0.39 is 77.6 Å². The summed E-state index contributed by atoms with van der Waals surface area (Å²) in [5.74, 6) is -3.13. The van der Waals surface area contributed by atoms with E-state index in [2.05, 4.69) is 5.32 Å². The molecule has 0 radical (unpaired) electrons. The van der Waals surface area contributed by atoms with Gasteiger partial charge in [0.1, 0.15) is 25.4 Å². The normalized spacial score (nSPS) is 25.2. The molecule has 1 saturated heterocycles. The van der Waals surface area contributed by atoms with E-state index in [1.807, 2.05) is 0 Å². The van der Waals surface area contributed by atoms with E-state index in [1.54, 1.807) is 0 Å². The van der Waals surface area contributed by atoms with Crippen LogP contribution in [0.15, 0.2) is 0 Å². The summed E-state index contributed by atoms with van der Waals surface area (Å²) in [6.07, 6.45) is -6.77. The maximum Gasteiger partial charge on any atom is 0.407 e. The smallest absolute Gasteiger partial charge is 0.407 e. The number of hydrogen-bond donors (Lipinski definition) is 1. The predicted molar refractivity (Wildman–Crippen MR) is 107 cm³/mol. The maximum atomic E-state index is 12.2. The SMILES string of the molecule is CC(=O)OC[C@H]1O[C@@H](OC(C)=O)[C@H](NC(=O)OCC(Cl)(Cl)Cl)[C@@H](OC(C)=O)[C@@H]1OC(C)=O. The third kappa shape index (κ3) is 10.1. The first-order chi connectivity index (χ1) is 14.7. The van der Waals surface area contributed by atoms with E-state index in [1.165, 1.54) is 0 Å². The highest BCUT2D eigenvalue weighted by atomic mass is 35.6. The van der Waals surface area contributed by atoms with Crippen LogP contribution in [-0.4, -0.2) is 77.6 Å². The third-order valence-corrected chi connectivity index (χ3v) is 3.96. The van der Waals surface area contributed by atoms with Gasteiger partial charge in [-0.15, -0.1) is 0 Å². The van der Waals surface area contributed by atoms with Crippen LogP contribution in [0.4, 0.5) is 4.79 Å². The summed E-state index contributed by atoms with van der Waals surface area (Å²) in [5, 5.41) is 2.28. The molecule has 0 aromatic carbocycles. The maximum absolute atomic E-state index is 12.2. The molecule has 1 aliphatic rings. The van der Waals surface area contributed by atoms with Gasteiger partial charge < -0.3 is 33.7 Å². The van der Waals surface area contributed by atoms with Crippen molar-refractivity contribution in [1.82, 2.24) is 5.32 Å². The minimum absolute atomic E-state index is 0.451. The van der Waals surface area contributed by atoms with E-state index in [9.17, 15) is 24.0 Å². The Morgan fingerprint density at radius 2 is 1.34 bits per heavy atom. The molecule has 182 valence electrons. The monoisotopic (exact) mass is 521 g/mol. The number of alkyl halides is 3. The van der Waals surface area contributed by atoms with Gasteiger partial charge in [0.25, 0.3) is 0 Å². The number of alkyl carbamates (subject to hydrolysis) is 1. The molecule has 1 fully saturated rings. The Hall–Kier alpha value is -2.02. The van der Waals surface area contributed by atoms with Crippen molar-refractivity contribution >= 4 is 64.8 Å². The fraction of sp³-hybridized carbons (Fsp3) is 0.706. The van der Waals surface area contributed by atoms with Crippen LogP contribution in [0.5, 0.6) is 0 Å². The van der Waals surface area contributed by atoms with Crippen LogP contribution >= 0.6 is 34.8 Å². The van der Waals surface area contributed by atoms with E-state index in [0.29, 0.717) is 0 Å². The first-order valence-electron chi connectivity index (χ1n) is 9.00. The summed E-state index contributed by atoms with van der Waals surface area (Å²) >= 11 is 16.6. The van der Waals surface area contributed by atoms with Crippen LogP contribution in [0, 0.1) is 0 Å². The first-order valence-corrected chi connectivity index (χ1v) is 10.1. The molecule has 0 unspecified atom stereocenters. The lowest BCUT2D eigenvalue weighted by Gasteiger charge is -2.44. The quantitative estimate of drug-likeness (QED) is 0.291. The fourth-order valence-corrected chi connectivity index (χ4v) is 2.81. The van der Waals surface area contributed by atoms with Gasteiger partial charge >= 0.3 is 30.0 Å². The minimum atomic E-state index is -1.92. The van der Waals surface area contributed by atoms with Crippen molar-refractivity contribution in [2.24, 2.45) is 0 Å². The van der Waals surface area contributed by atoms with Crippen molar-refractivity contribution in [2.45, 2.75) is 62.1 Å². The molecule has 5 atom stereocenters. The molecule has 32 heavy (non-hydrogen) atoms. The molecule has 0 aromatic heterocycles. The van der Waals surface area contributed by atoms with E-state index in [0.717, 1.165) is 27.7 Å². The van der Waals surface area contributed by atoms with Gasteiger partial charge in [-0.05, 0) is 0 Å². The largest absolute Gasteiger partial charge is 0.463 e. The molecule has 15 heteroatoms. The topological polar surface area (TPSA) is 153 Å². The van der Waals surface area contributed by atoms with Crippen LogP contribution in [0.25, 0.3) is 0 Å². The molecule has 0 bridgehead atoms. The Kier molecular flexibility index (Phi) is 10.8. The Labute approximate surface area is 198 Å². The summed E-state index contributed by atoms with van der Waals surface area (Å²) in [6, 6.07) is -1.43. The zero-order valence-corrected chi connectivity index (χ0v) is 19.7. The van der Waals surface area contributed by atoms with E-state index >= 15 is 0 Å². The van der Waals surface area contributed by atoms with Crippen LogP contribution in [0.3, 0.4) is 0 Å². The predicted octanol–water partition coefficient (Wildman–Crippen LogP) is 1.17. The van der Waals surface area contributed by atoms with Crippen molar-refractivity contribution in [2.75, 3.05) is 13.2 Å². The molecule has 12 nitrogen and oxygen atoms in total. The van der Waals surface area contributed by atoms with Gasteiger partial charge in [0.2, 0.25) is 10.1 Å². The molecule has 0 aromatic rings. The second-order valence-electron chi connectivity index (χ2n) is 6.46. The van der Waals surface area contributed by atoms with Crippen molar-refractivity contribution in [1.29, 1.82) is 0 Å². The molecule has 1 aliphatic heterocycles. The molecular formula is C17H22Cl3NO11. The molecule has 1 rings (SSSR count). The Morgan fingerprint density at radius 1 is 0.812 bits per heavy atom. The number of carbonyl (C=O) groups is 5. The summed E-state index contributed by atoms with van der Waals surface area (Å²) in [6.45, 7) is 3.22. The van der Waals surface area contributed by atoms with Gasteiger partial charge in [0.15, 0.2) is 12.2 Å². The number of rotatable bonds is 7. The summed E-state index contributed by atoms with van der Waals surface area (Å²) in [5.41, 5.74) is 0. The summed E-state index contributed by atoms with van der Waals surface area (Å²) < 4.78 is 28.9. The number of carbonyl (C=O) groups excluding carboxylic acids is 5. The number of hydrogen-bond acceptors (Lipinski definition) is 11. The van der Waals surface area contributed by atoms with E-state index in [-0.39, 0.29) is 0 Å². The van der Waals surface area contributed by atoms with Gasteiger partial charge in [-0.3, -0.25) is 19.2 Å². The average Bonchev–Trinajstić information content (AvgIpc) is 2.61.